The first-order valence-electron chi connectivity index (χ1n) is 4.66. The third kappa shape index (κ3) is 1.57. The first-order chi connectivity index (χ1) is 5.25. The molecule has 1 unspecified atom stereocenters. The van der Waals surface area contributed by atoms with Crippen molar-refractivity contribution in [3.63, 3.8) is 0 Å². The van der Waals surface area contributed by atoms with Gasteiger partial charge in [-0.05, 0) is 32.9 Å². The molecule has 2 nitrogen and oxygen atoms in total. The molecule has 0 saturated carbocycles. The van der Waals surface area contributed by atoms with E-state index in [0.717, 1.165) is 6.54 Å². The van der Waals surface area contributed by atoms with Gasteiger partial charge in [0.2, 0.25) is 0 Å². The van der Waals surface area contributed by atoms with Crippen LogP contribution in [-0.2, 0) is 0 Å². The smallest absolute Gasteiger partial charge is 0.0326 e. The maximum atomic E-state index is 5.80. The average Bonchev–Trinajstić information content (AvgIpc) is 2.06. The summed E-state index contributed by atoms with van der Waals surface area (Å²) in [5.41, 5.74) is 6.13. The summed E-state index contributed by atoms with van der Waals surface area (Å²) in [4.78, 5) is 2.44. The predicted molar refractivity (Wildman–Crippen MR) is 48.6 cm³/mol. The van der Waals surface area contributed by atoms with Crippen LogP contribution in [0.5, 0.6) is 0 Å². The van der Waals surface area contributed by atoms with Crippen LogP contribution in [0, 0.1) is 0 Å². The lowest BCUT2D eigenvalue weighted by atomic mass is 9.85. The zero-order valence-electron chi connectivity index (χ0n) is 7.77. The van der Waals surface area contributed by atoms with Gasteiger partial charge in [0.05, 0.1) is 0 Å². The molecule has 0 aromatic heterocycles. The summed E-state index contributed by atoms with van der Waals surface area (Å²) in [6, 6.07) is 0. The van der Waals surface area contributed by atoms with E-state index in [9.17, 15) is 0 Å². The van der Waals surface area contributed by atoms with Crippen molar-refractivity contribution in [2.24, 2.45) is 5.73 Å². The molecule has 0 radical (unpaired) electrons. The monoisotopic (exact) mass is 156 g/mol. The molecule has 0 aromatic carbocycles. The van der Waals surface area contributed by atoms with Gasteiger partial charge in [0.25, 0.3) is 0 Å². The largest absolute Gasteiger partial charge is 0.329 e. The Labute approximate surface area is 69.8 Å². The number of likely N-dealkylation sites (tertiary alicyclic amines) is 1. The molecule has 1 rings (SSSR count). The zero-order valence-corrected chi connectivity index (χ0v) is 7.77. The molecular weight excluding hydrogens is 136 g/mol. The summed E-state index contributed by atoms with van der Waals surface area (Å²) in [5.74, 6) is 0. The normalized spacial score (nSPS) is 34.1. The fraction of sp³-hybridized carbons (Fsp3) is 1.00. The van der Waals surface area contributed by atoms with E-state index in [0.29, 0.717) is 5.54 Å². The molecule has 11 heavy (non-hydrogen) atoms. The Morgan fingerprint density at radius 1 is 1.45 bits per heavy atom. The van der Waals surface area contributed by atoms with Crippen molar-refractivity contribution < 1.29 is 0 Å². The van der Waals surface area contributed by atoms with E-state index >= 15 is 0 Å². The summed E-state index contributed by atoms with van der Waals surface area (Å²) in [6.45, 7) is 4.29. The van der Waals surface area contributed by atoms with Crippen LogP contribution in [-0.4, -0.2) is 30.6 Å². The maximum absolute atomic E-state index is 5.80. The van der Waals surface area contributed by atoms with Gasteiger partial charge in [-0.15, -0.1) is 0 Å². The molecule has 0 aliphatic carbocycles. The summed E-state index contributed by atoms with van der Waals surface area (Å²) in [6.07, 6.45) is 5.18. The molecule has 1 aliphatic rings. The van der Waals surface area contributed by atoms with E-state index in [1.807, 2.05) is 0 Å². The number of hydrogen-bond donors (Lipinski definition) is 1. The molecule has 0 bridgehead atoms. The van der Waals surface area contributed by atoms with Crippen LogP contribution in [0.3, 0.4) is 0 Å². The van der Waals surface area contributed by atoms with Gasteiger partial charge in [0.15, 0.2) is 0 Å². The Morgan fingerprint density at radius 3 is 2.55 bits per heavy atom. The van der Waals surface area contributed by atoms with Crippen molar-refractivity contribution in [3.8, 4) is 0 Å². The fourth-order valence-corrected chi connectivity index (χ4v) is 2.08. The van der Waals surface area contributed by atoms with Gasteiger partial charge in [0, 0.05) is 12.1 Å². The van der Waals surface area contributed by atoms with Gasteiger partial charge in [-0.25, -0.2) is 0 Å². The fourth-order valence-electron chi connectivity index (χ4n) is 2.08. The number of rotatable bonds is 2. The number of piperidine rings is 1. The van der Waals surface area contributed by atoms with E-state index in [-0.39, 0.29) is 0 Å². The van der Waals surface area contributed by atoms with Gasteiger partial charge in [-0.1, -0.05) is 13.3 Å². The van der Waals surface area contributed by atoms with E-state index in [4.69, 9.17) is 5.73 Å². The molecule has 66 valence electrons. The standard InChI is InChI=1S/C9H20N2/c1-3-9(8-10)6-4-5-7-11(9)2/h3-8,10H2,1-2H3. The minimum absolute atomic E-state index is 0.332. The first kappa shape index (κ1) is 9.01. The molecule has 0 aromatic rings. The minimum atomic E-state index is 0.332. The van der Waals surface area contributed by atoms with Crippen LogP contribution in [0.1, 0.15) is 32.6 Å². The Balaban J connectivity index is 2.61. The van der Waals surface area contributed by atoms with Crippen LogP contribution in [0.25, 0.3) is 0 Å². The summed E-state index contributed by atoms with van der Waals surface area (Å²) >= 11 is 0. The predicted octanol–water partition coefficient (Wildman–Crippen LogP) is 1.21. The van der Waals surface area contributed by atoms with E-state index in [1.54, 1.807) is 0 Å². The number of likely N-dealkylation sites (N-methyl/N-ethyl adjacent to an activating group) is 1. The molecule has 1 heterocycles. The van der Waals surface area contributed by atoms with E-state index in [2.05, 4.69) is 18.9 Å². The van der Waals surface area contributed by atoms with Crippen molar-refractivity contribution in [2.45, 2.75) is 38.1 Å². The number of nitrogens with zero attached hydrogens (tertiary/aromatic N) is 1. The lowest BCUT2D eigenvalue weighted by Gasteiger charge is -2.44. The van der Waals surface area contributed by atoms with Gasteiger partial charge in [-0.2, -0.15) is 0 Å². The SMILES string of the molecule is CCC1(CN)CCCCN1C. The number of hydrogen-bond acceptors (Lipinski definition) is 2. The van der Waals surface area contributed by atoms with Gasteiger partial charge >= 0.3 is 0 Å². The van der Waals surface area contributed by atoms with Crippen LogP contribution >= 0.6 is 0 Å². The highest BCUT2D eigenvalue weighted by atomic mass is 15.2. The van der Waals surface area contributed by atoms with Gasteiger partial charge < -0.3 is 5.73 Å². The highest BCUT2D eigenvalue weighted by Crippen LogP contribution is 2.28. The van der Waals surface area contributed by atoms with Crippen molar-refractivity contribution >= 4 is 0 Å². The van der Waals surface area contributed by atoms with Gasteiger partial charge in [0.1, 0.15) is 0 Å². The molecule has 1 aliphatic heterocycles. The Bertz CT molecular complexity index is 119. The highest BCUT2D eigenvalue weighted by molar-refractivity contribution is 4.91. The van der Waals surface area contributed by atoms with Crippen molar-refractivity contribution in [1.82, 2.24) is 4.90 Å². The molecular formula is C9H20N2. The first-order valence-corrected chi connectivity index (χ1v) is 4.66. The lowest BCUT2D eigenvalue weighted by molar-refractivity contribution is 0.0766. The molecule has 2 heteroatoms. The molecule has 2 N–H and O–H groups in total. The highest BCUT2D eigenvalue weighted by Gasteiger charge is 2.32. The van der Waals surface area contributed by atoms with E-state index < -0.39 is 0 Å². The summed E-state index contributed by atoms with van der Waals surface area (Å²) < 4.78 is 0. The number of nitrogens with two attached hydrogens (primary N) is 1. The second kappa shape index (κ2) is 3.55. The summed E-state index contributed by atoms with van der Waals surface area (Å²) in [7, 11) is 2.20. The molecule has 0 spiro atoms. The Hall–Kier alpha value is -0.0800. The quantitative estimate of drug-likeness (QED) is 0.651. The topological polar surface area (TPSA) is 29.3 Å². The average molecular weight is 156 g/mol. The van der Waals surface area contributed by atoms with Crippen LogP contribution < -0.4 is 5.73 Å². The zero-order chi connectivity index (χ0) is 8.32. The molecule has 1 saturated heterocycles. The Kier molecular flexibility index (Phi) is 2.90. The Morgan fingerprint density at radius 2 is 2.18 bits per heavy atom. The van der Waals surface area contributed by atoms with Gasteiger partial charge in [-0.3, -0.25) is 4.90 Å². The second-order valence-electron chi connectivity index (χ2n) is 3.66. The molecule has 0 amide bonds. The maximum Gasteiger partial charge on any atom is 0.0326 e. The third-order valence-corrected chi connectivity index (χ3v) is 3.23. The lowest BCUT2D eigenvalue weighted by Crippen LogP contribution is -2.54. The third-order valence-electron chi connectivity index (χ3n) is 3.23. The minimum Gasteiger partial charge on any atom is -0.329 e. The van der Waals surface area contributed by atoms with Crippen LogP contribution in [0.2, 0.25) is 0 Å². The van der Waals surface area contributed by atoms with Crippen molar-refractivity contribution in [2.75, 3.05) is 20.1 Å². The van der Waals surface area contributed by atoms with Crippen molar-refractivity contribution in [1.29, 1.82) is 0 Å². The second-order valence-corrected chi connectivity index (χ2v) is 3.66. The summed E-state index contributed by atoms with van der Waals surface area (Å²) in [5, 5.41) is 0. The molecule has 1 fully saturated rings. The van der Waals surface area contributed by atoms with Crippen LogP contribution in [0.15, 0.2) is 0 Å². The molecule has 1 atom stereocenters. The van der Waals surface area contributed by atoms with E-state index in [1.165, 1.54) is 32.2 Å². The van der Waals surface area contributed by atoms with Crippen LogP contribution in [0.4, 0.5) is 0 Å². The van der Waals surface area contributed by atoms with Crippen molar-refractivity contribution in [3.05, 3.63) is 0 Å².